The molecule has 1 amide bonds. The molecule has 0 saturated heterocycles. The number of aliphatic hydroxyl groups is 1. The highest BCUT2D eigenvalue weighted by atomic mass is 16.5. The second kappa shape index (κ2) is 6.10. The Bertz CT molecular complexity index is 388. The van der Waals surface area contributed by atoms with Crippen LogP contribution in [-0.4, -0.2) is 35.9 Å². The van der Waals surface area contributed by atoms with Crippen molar-refractivity contribution in [2.75, 3.05) is 13.7 Å². The van der Waals surface area contributed by atoms with Crippen LogP contribution < -0.4 is 10.1 Å². The van der Waals surface area contributed by atoms with Crippen LogP contribution in [0.3, 0.4) is 0 Å². The standard InChI is InChI=1S/C12H17NO4/c1-3-9(7-14)13-12(16)8-4-5-11(17-2)10(15)6-8/h4-6,9,14-15H,3,7H2,1-2H3,(H,13,16). The van der Waals surface area contributed by atoms with Crippen LogP contribution >= 0.6 is 0 Å². The van der Waals surface area contributed by atoms with Crippen molar-refractivity contribution in [2.45, 2.75) is 19.4 Å². The number of ether oxygens (including phenoxy) is 1. The molecule has 0 saturated carbocycles. The number of rotatable bonds is 5. The molecule has 0 fully saturated rings. The smallest absolute Gasteiger partial charge is 0.251 e. The van der Waals surface area contributed by atoms with E-state index in [1.54, 1.807) is 6.07 Å². The molecule has 3 N–H and O–H groups in total. The van der Waals surface area contributed by atoms with Crippen LogP contribution in [0.25, 0.3) is 0 Å². The Morgan fingerprint density at radius 1 is 1.53 bits per heavy atom. The molecule has 0 aromatic heterocycles. The molecule has 0 bridgehead atoms. The quantitative estimate of drug-likeness (QED) is 0.713. The molecule has 5 heteroatoms. The molecule has 0 heterocycles. The summed E-state index contributed by atoms with van der Waals surface area (Å²) in [5.74, 6) is -0.100. The van der Waals surface area contributed by atoms with Gasteiger partial charge in [0.15, 0.2) is 11.5 Å². The summed E-state index contributed by atoms with van der Waals surface area (Å²) in [4.78, 5) is 11.8. The first-order valence-corrected chi connectivity index (χ1v) is 5.41. The first kappa shape index (κ1) is 13.3. The average Bonchev–Trinajstić information content (AvgIpc) is 2.35. The number of nitrogens with one attached hydrogen (secondary N) is 1. The summed E-state index contributed by atoms with van der Waals surface area (Å²) in [5, 5.41) is 21.2. The van der Waals surface area contributed by atoms with E-state index in [2.05, 4.69) is 5.32 Å². The first-order valence-electron chi connectivity index (χ1n) is 5.41. The number of amides is 1. The Morgan fingerprint density at radius 3 is 2.71 bits per heavy atom. The van der Waals surface area contributed by atoms with E-state index in [9.17, 15) is 9.90 Å². The Labute approximate surface area is 100 Å². The molecule has 0 aliphatic heterocycles. The Kier molecular flexibility index (Phi) is 4.78. The van der Waals surface area contributed by atoms with Crippen LogP contribution in [0.2, 0.25) is 0 Å². The lowest BCUT2D eigenvalue weighted by molar-refractivity contribution is 0.0914. The lowest BCUT2D eigenvalue weighted by Crippen LogP contribution is -2.36. The minimum absolute atomic E-state index is 0.0859. The van der Waals surface area contributed by atoms with Gasteiger partial charge in [0.1, 0.15) is 0 Å². The molecule has 94 valence electrons. The molecular weight excluding hydrogens is 222 g/mol. The molecule has 1 aromatic carbocycles. The van der Waals surface area contributed by atoms with Crippen molar-refractivity contribution < 1.29 is 19.7 Å². The Balaban J connectivity index is 2.79. The highest BCUT2D eigenvalue weighted by molar-refractivity contribution is 5.95. The van der Waals surface area contributed by atoms with Crippen molar-refractivity contribution in [3.8, 4) is 11.5 Å². The van der Waals surface area contributed by atoms with Gasteiger partial charge >= 0.3 is 0 Å². The van der Waals surface area contributed by atoms with Gasteiger partial charge in [-0.1, -0.05) is 6.92 Å². The molecule has 0 spiro atoms. The summed E-state index contributed by atoms with van der Waals surface area (Å²) >= 11 is 0. The fourth-order valence-electron chi connectivity index (χ4n) is 1.38. The minimum Gasteiger partial charge on any atom is -0.504 e. The Morgan fingerprint density at radius 2 is 2.24 bits per heavy atom. The first-order chi connectivity index (χ1) is 8.12. The van der Waals surface area contributed by atoms with Crippen LogP contribution in [0.5, 0.6) is 11.5 Å². The average molecular weight is 239 g/mol. The van der Waals surface area contributed by atoms with Gasteiger partial charge in [-0.25, -0.2) is 0 Å². The van der Waals surface area contributed by atoms with Crippen molar-refractivity contribution in [1.29, 1.82) is 0 Å². The van der Waals surface area contributed by atoms with Gasteiger partial charge in [-0.15, -0.1) is 0 Å². The third kappa shape index (κ3) is 3.35. The lowest BCUT2D eigenvalue weighted by Gasteiger charge is -2.14. The number of phenolic OH excluding ortho intramolecular Hbond substituents is 1. The maximum Gasteiger partial charge on any atom is 0.251 e. The molecule has 0 radical (unpaired) electrons. The molecule has 1 atom stereocenters. The fourth-order valence-corrected chi connectivity index (χ4v) is 1.38. The zero-order valence-corrected chi connectivity index (χ0v) is 9.93. The largest absolute Gasteiger partial charge is 0.504 e. The molecule has 1 rings (SSSR count). The number of carbonyl (C=O) groups excluding carboxylic acids is 1. The van der Waals surface area contributed by atoms with Gasteiger partial charge in [0.2, 0.25) is 0 Å². The summed E-state index contributed by atoms with van der Waals surface area (Å²) in [5.41, 5.74) is 0.329. The maximum absolute atomic E-state index is 11.8. The van der Waals surface area contributed by atoms with Crippen molar-refractivity contribution in [3.05, 3.63) is 23.8 Å². The summed E-state index contributed by atoms with van der Waals surface area (Å²) in [6.07, 6.45) is 0.643. The van der Waals surface area contributed by atoms with Gasteiger partial charge in [0.25, 0.3) is 5.91 Å². The normalized spacial score (nSPS) is 11.9. The highest BCUT2D eigenvalue weighted by Gasteiger charge is 2.13. The van der Waals surface area contributed by atoms with E-state index in [-0.39, 0.29) is 24.3 Å². The molecule has 0 aliphatic carbocycles. The SMILES string of the molecule is CCC(CO)NC(=O)c1ccc(OC)c(O)c1. The van der Waals surface area contributed by atoms with Gasteiger partial charge < -0.3 is 20.3 Å². The number of carbonyl (C=O) groups is 1. The van der Waals surface area contributed by atoms with E-state index in [1.807, 2.05) is 6.92 Å². The molecule has 1 aromatic rings. The summed E-state index contributed by atoms with van der Waals surface area (Å²) in [6, 6.07) is 4.13. The van der Waals surface area contributed by atoms with Gasteiger partial charge in [0, 0.05) is 5.56 Å². The molecule has 17 heavy (non-hydrogen) atoms. The van der Waals surface area contributed by atoms with Gasteiger partial charge in [-0.2, -0.15) is 0 Å². The second-order valence-electron chi connectivity index (χ2n) is 3.65. The number of hydrogen-bond acceptors (Lipinski definition) is 4. The molecule has 0 aliphatic rings. The van der Waals surface area contributed by atoms with Crippen molar-refractivity contribution in [3.63, 3.8) is 0 Å². The van der Waals surface area contributed by atoms with Crippen LogP contribution in [0.4, 0.5) is 0 Å². The van der Waals surface area contributed by atoms with Crippen LogP contribution in [0.1, 0.15) is 23.7 Å². The van der Waals surface area contributed by atoms with Gasteiger partial charge in [-0.05, 0) is 24.6 Å². The maximum atomic E-state index is 11.8. The van der Waals surface area contributed by atoms with E-state index in [0.29, 0.717) is 17.7 Å². The fraction of sp³-hybridized carbons (Fsp3) is 0.417. The van der Waals surface area contributed by atoms with Crippen LogP contribution in [0.15, 0.2) is 18.2 Å². The summed E-state index contributed by atoms with van der Waals surface area (Å²) in [6.45, 7) is 1.76. The van der Waals surface area contributed by atoms with E-state index < -0.39 is 0 Å². The topological polar surface area (TPSA) is 78.8 Å². The third-order valence-electron chi connectivity index (χ3n) is 2.49. The van der Waals surface area contributed by atoms with E-state index in [1.165, 1.54) is 19.2 Å². The summed E-state index contributed by atoms with van der Waals surface area (Å²) in [7, 11) is 1.44. The number of aliphatic hydroxyl groups excluding tert-OH is 1. The zero-order valence-electron chi connectivity index (χ0n) is 9.93. The van der Waals surface area contributed by atoms with Crippen LogP contribution in [-0.2, 0) is 0 Å². The highest BCUT2D eigenvalue weighted by Crippen LogP contribution is 2.26. The van der Waals surface area contributed by atoms with Crippen molar-refractivity contribution in [1.82, 2.24) is 5.32 Å². The number of benzene rings is 1. The predicted octanol–water partition coefficient (Wildman–Crippen LogP) is 0.902. The van der Waals surface area contributed by atoms with E-state index in [0.717, 1.165) is 0 Å². The molecular formula is C12H17NO4. The number of aromatic hydroxyl groups is 1. The minimum atomic E-state index is -0.330. The number of phenols is 1. The molecule has 1 unspecified atom stereocenters. The molecule has 5 nitrogen and oxygen atoms in total. The third-order valence-corrected chi connectivity index (χ3v) is 2.49. The second-order valence-corrected chi connectivity index (χ2v) is 3.65. The van der Waals surface area contributed by atoms with E-state index >= 15 is 0 Å². The zero-order chi connectivity index (χ0) is 12.8. The summed E-state index contributed by atoms with van der Waals surface area (Å²) < 4.78 is 4.88. The monoisotopic (exact) mass is 239 g/mol. The van der Waals surface area contributed by atoms with Crippen molar-refractivity contribution in [2.24, 2.45) is 0 Å². The van der Waals surface area contributed by atoms with Gasteiger partial charge in [0.05, 0.1) is 19.8 Å². The lowest BCUT2D eigenvalue weighted by atomic mass is 10.1. The predicted molar refractivity (Wildman–Crippen MR) is 63.3 cm³/mol. The number of methoxy groups -OCH3 is 1. The van der Waals surface area contributed by atoms with Gasteiger partial charge in [-0.3, -0.25) is 4.79 Å². The van der Waals surface area contributed by atoms with Crippen molar-refractivity contribution >= 4 is 5.91 Å². The number of hydrogen-bond donors (Lipinski definition) is 3. The van der Waals surface area contributed by atoms with E-state index in [4.69, 9.17) is 9.84 Å². The van der Waals surface area contributed by atoms with Crippen LogP contribution in [0, 0.1) is 0 Å². The Hall–Kier alpha value is -1.75.